The van der Waals surface area contributed by atoms with Gasteiger partial charge in [0, 0.05) is 44.0 Å². The third kappa shape index (κ3) is 4.69. The number of anilines is 2. The Kier molecular flexibility index (Phi) is 6.09. The smallest absolute Gasteiger partial charge is 0.323 e. The number of benzene rings is 1. The number of aryl methyl sites for hydroxylation is 1. The maximum atomic E-state index is 13.3. The van der Waals surface area contributed by atoms with Gasteiger partial charge in [-0.25, -0.2) is 18.0 Å². The fourth-order valence-electron chi connectivity index (χ4n) is 3.40. The molecule has 2 aromatic rings. The van der Waals surface area contributed by atoms with Gasteiger partial charge in [-0.1, -0.05) is 19.3 Å². The molecule has 1 fully saturated rings. The number of carbonyl (C=O) groups is 2. The normalized spacial score (nSPS) is 14.5. The fraction of sp³-hybridized carbons (Fsp3) is 0.421. The summed E-state index contributed by atoms with van der Waals surface area (Å²) in [6, 6.07) is 2.53. The zero-order chi connectivity index (χ0) is 21.1. The van der Waals surface area contributed by atoms with Crippen LogP contribution in [0.15, 0.2) is 18.2 Å². The summed E-state index contributed by atoms with van der Waals surface area (Å²) in [4.78, 5) is 26.5. The highest BCUT2D eigenvalue weighted by Gasteiger charge is 2.23. The average Bonchev–Trinajstić information content (AvgIpc) is 3.06. The molecule has 0 atom stereocenters. The number of urea groups is 1. The monoisotopic (exact) mass is 409 g/mol. The molecule has 1 aromatic heterocycles. The third-order valence-corrected chi connectivity index (χ3v) is 5.03. The summed E-state index contributed by atoms with van der Waals surface area (Å²) in [6.45, 7) is 0. The molecular weight excluding hydrogens is 387 g/mol. The van der Waals surface area contributed by atoms with Crippen LogP contribution in [0.25, 0.3) is 0 Å². The van der Waals surface area contributed by atoms with Crippen molar-refractivity contribution in [2.75, 3.05) is 17.7 Å². The summed E-state index contributed by atoms with van der Waals surface area (Å²) in [6.07, 6.45) is 5.24. The second-order valence-electron chi connectivity index (χ2n) is 7.08. The first-order valence-corrected chi connectivity index (χ1v) is 9.30. The quantitative estimate of drug-likeness (QED) is 0.752. The Morgan fingerprint density at radius 1 is 1.07 bits per heavy atom. The molecule has 1 aliphatic rings. The highest BCUT2D eigenvalue weighted by atomic mass is 19.2. The van der Waals surface area contributed by atoms with Crippen molar-refractivity contribution in [3.05, 3.63) is 41.3 Å². The molecule has 2 N–H and O–H groups in total. The fourth-order valence-corrected chi connectivity index (χ4v) is 3.40. The van der Waals surface area contributed by atoms with Crippen molar-refractivity contribution in [1.29, 1.82) is 0 Å². The highest BCUT2D eigenvalue weighted by molar-refractivity contribution is 6.04. The van der Waals surface area contributed by atoms with Crippen LogP contribution >= 0.6 is 0 Å². The van der Waals surface area contributed by atoms with Crippen molar-refractivity contribution in [3.8, 4) is 0 Å². The van der Waals surface area contributed by atoms with Crippen LogP contribution in [0.2, 0.25) is 0 Å². The summed E-state index contributed by atoms with van der Waals surface area (Å²) >= 11 is 0. The summed E-state index contributed by atoms with van der Waals surface area (Å²) in [5.74, 6) is -4.99. The molecule has 0 radical (unpaired) electrons. The Labute approximate surface area is 165 Å². The van der Waals surface area contributed by atoms with E-state index in [9.17, 15) is 22.8 Å². The van der Waals surface area contributed by atoms with Crippen molar-refractivity contribution in [1.82, 2.24) is 14.7 Å². The second-order valence-corrected chi connectivity index (χ2v) is 7.08. The lowest BCUT2D eigenvalue weighted by Gasteiger charge is -2.30. The molecule has 0 saturated heterocycles. The van der Waals surface area contributed by atoms with Crippen LogP contribution in [0, 0.1) is 17.5 Å². The lowest BCUT2D eigenvalue weighted by atomic mass is 9.95. The molecule has 1 aliphatic carbocycles. The van der Waals surface area contributed by atoms with E-state index in [4.69, 9.17) is 0 Å². The van der Waals surface area contributed by atoms with Crippen LogP contribution < -0.4 is 10.6 Å². The van der Waals surface area contributed by atoms with Crippen molar-refractivity contribution in [3.63, 3.8) is 0 Å². The Bertz CT molecular complexity index is 902. The Hall–Kier alpha value is -3.04. The van der Waals surface area contributed by atoms with Crippen LogP contribution in [0.1, 0.15) is 42.6 Å². The zero-order valence-corrected chi connectivity index (χ0v) is 16.1. The first-order chi connectivity index (χ1) is 13.8. The minimum atomic E-state index is -1.62. The van der Waals surface area contributed by atoms with E-state index in [1.165, 1.54) is 24.2 Å². The van der Waals surface area contributed by atoms with Crippen LogP contribution in [0.4, 0.5) is 29.5 Å². The minimum absolute atomic E-state index is 0.0470. The average molecular weight is 409 g/mol. The number of carbonyl (C=O) groups excluding carboxylic acids is 2. The Morgan fingerprint density at radius 2 is 1.69 bits per heavy atom. The van der Waals surface area contributed by atoms with Crippen LogP contribution in [-0.4, -0.2) is 39.7 Å². The maximum Gasteiger partial charge on any atom is 0.323 e. The van der Waals surface area contributed by atoms with Crippen LogP contribution in [-0.2, 0) is 7.05 Å². The van der Waals surface area contributed by atoms with Crippen molar-refractivity contribution < 1.29 is 22.8 Å². The number of nitrogens with zero attached hydrogens (tertiary/aromatic N) is 3. The molecule has 3 rings (SSSR count). The van der Waals surface area contributed by atoms with Crippen molar-refractivity contribution in [2.24, 2.45) is 7.05 Å². The van der Waals surface area contributed by atoms with Crippen molar-refractivity contribution >= 4 is 23.4 Å². The predicted molar refractivity (Wildman–Crippen MR) is 101 cm³/mol. The topological polar surface area (TPSA) is 79.3 Å². The molecule has 3 amide bonds. The molecule has 0 unspecified atom stereocenters. The van der Waals surface area contributed by atoms with E-state index in [2.05, 4.69) is 15.7 Å². The zero-order valence-electron chi connectivity index (χ0n) is 16.1. The van der Waals surface area contributed by atoms with Crippen molar-refractivity contribution in [2.45, 2.75) is 38.1 Å². The first kappa shape index (κ1) is 20.7. The maximum absolute atomic E-state index is 13.3. The van der Waals surface area contributed by atoms with Gasteiger partial charge in [0.15, 0.2) is 23.3 Å². The first-order valence-electron chi connectivity index (χ1n) is 9.30. The van der Waals surface area contributed by atoms with E-state index in [1.807, 2.05) is 0 Å². The van der Waals surface area contributed by atoms with Gasteiger partial charge in [-0.3, -0.25) is 14.8 Å². The van der Waals surface area contributed by atoms with E-state index < -0.39 is 23.4 Å². The molecule has 1 heterocycles. The van der Waals surface area contributed by atoms with E-state index in [0.29, 0.717) is 12.1 Å². The molecule has 1 saturated carbocycles. The second kappa shape index (κ2) is 8.54. The number of aromatic nitrogens is 2. The predicted octanol–water partition coefficient (Wildman–Crippen LogP) is 3.89. The van der Waals surface area contributed by atoms with E-state index in [0.717, 1.165) is 25.7 Å². The lowest BCUT2D eigenvalue weighted by molar-refractivity contribution is 0.101. The van der Waals surface area contributed by atoms with Gasteiger partial charge in [0.1, 0.15) is 5.69 Å². The van der Waals surface area contributed by atoms with Gasteiger partial charge >= 0.3 is 6.03 Å². The number of amides is 3. The number of halogens is 3. The third-order valence-electron chi connectivity index (χ3n) is 5.03. The standard InChI is InChI=1S/C19H22F3N5O2/c1-26(12-6-4-3-5-7-12)19(29)24-16-10-15(27(2)25-16)18(28)23-11-8-13(20)17(22)14(21)9-11/h8-10,12H,3-7H2,1-2H3,(H,23,28)(H,24,25,29). The van der Waals surface area contributed by atoms with Gasteiger partial charge < -0.3 is 10.2 Å². The molecule has 1 aromatic carbocycles. The SMILES string of the molecule is CN(C(=O)Nc1cc(C(=O)Nc2cc(F)c(F)c(F)c2)n(C)n1)C1CCCCC1. The molecule has 29 heavy (non-hydrogen) atoms. The highest BCUT2D eigenvalue weighted by Crippen LogP contribution is 2.22. The van der Waals surface area contributed by atoms with Gasteiger partial charge in [-0.2, -0.15) is 5.10 Å². The van der Waals surface area contributed by atoms with E-state index in [1.54, 1.807) is 11.9 Å². The Balaban J connectivity index is 1.67. The Morgan fingerprint density at radius 3 is 2.31 bits per heavy atom. The number of nitrogens with one attached hydrogen (secondary N) is 2. The van der Waals surface area contributed by atoms with Gasteiger partial charge in [0.25, 0.3) is 5.91 Å². The van der Waals surface area contributed by atoms with E-state index >= 15 is 0 Å². The lowest BCUT2D eigenvalue weighted by Crippen LogP contribution is -2.40. The molecule has 0 aliphatic heterocycles. The van der Waals surface area contributed by atoms with Crippen LogP contribution in [0.5, 0.6) is 0 Å². The summed E-state index contributed by atoms with van der Waals surface area (Å²) in [5.41, 5.74) is -0.194. The molecular formula is C19H22F3N5O2. The molecule has 0 spiro atoms. The van der Waals surface area contributed by atoms with Crippen LogP contribution in [0.3, 0.4) is 0 Å². The summed E-state index contributed by atoms with van der Waals surface area (Å²) in [5, 5.41) is 9.01. The van der Waals surface area contributed by atoms with Gasteiger partial charge in [-0.15, -0.1) is 0 Å². The molecule has 156 valence electrons. The summed E-state index contributed by atoms with van der Waals surface area (Å²) in [7, 11) is 3.21. The molecule has 0 bridgehead atoms. The van der Waals surface area contributed by atoms with Gasteiger partial charge in [0.2, 0.25) is 0 Å². The molecule has 7 nitrogen and oxygen atoms in total. The van der Waals surface area contributed by atoms with E-state index in [-0.39, 0.29) is 29.3 Å². The largest absolute Gasteiger partial charge is 0.325 e. The summed E-state index contributed by atoms with van der Waals surface area (Å²) < 4.78 is 40.9. The van der Waals surface area contributed by atoms with Gasteiger partial charge in [-0.05, 0) is 12.8 Å². The van der Waals surface area contributed by atoms with Gasteiger partial charge in [0.05, 0.1) is 0 Å². The minimum Gasteiger partial charge on any atom is -0.325 e. The number of hydrogen-bond donors (Lipinski definition) is 2. The number of hydrogen-bond acceptors (Lipinski definition) is 3. The number of rotatable bonds is 4. The molecule has 10 heteroatoms.